The van der Waals surface area contributed by atoms with E-state index in [2.05, 4.69) is 19.5 Å². The monoisotopic (exact) mass is 438 g/mol. The Labute approximate surface area is 183 Å². The van der Waals surface area contributed by atoms with Crippen LogP contribution in [-0.4, -0.2) is 46.7 Å². The molecule has 1 N–H and O–H groups in total. The molecule has 1 aromatic heterocycles. The highest BCUT2D eigenvalue weighted by atomic mass is 32.2. The predicted octanol–water partition coefficient (Wildman–Crippen LogP) is 2.90. The molecule has 3 aromatic rings. The lowest BCUT2D eigenvalue weighted by Gasteiger charge is -2.38. The zero-order valence-corrected chi connectivity index (χ0v) is 18.3. The molecule has 31 heavy (non-hydrogen) atoms. The van der Waals surface area contributed by atoms with Gasteiger partial charge in [-0.3, -0.25) is 4.98 Å². The zero-order valence-electron chi connectivity index (χ0n) is 17.4. The number of rotatable bonds is 7. The van der Waals surface area contributed by atoms with Gasteiger partial charge in [0.15, 0.2) is 0 Å². The Morgan fingerprint density at radius 2 is 1.61 bits per heavy atom. The van der Waals surface area contributed by atoms with Gasteiger partial charge in [-0.05, 0) is 48.0 Å². The van der Waals surface area contributed by atoms with Crippen molar-refractivity contribution >= 4 is 21.4 Å². The number of hydrogen-bond acceptors (Lipinski definition) is 6. The number of nitrogens with zero attached hydrogens (tertiary/aromatic N) is 3. The number of pyridine rings is 1. The Morgan fingerprint density at radius 1 is 0.935 bits per heavy atom. The lowest BCUT2D eigenvalue weighted by Crippen LogP contribution is -2.47. The van der Waals surface area contributed by atoms with Crippen molar-refractivity contribution in [2.75, 3.05) is 43.1 Å². The van der Waals surface area contributed by atoms with Crippen molar-refractivity contribution in [3.05, 3.63) is 78.6 Å². The van der Waals surface area contributed by atoms with E-state index in [1.165, 1.54) is 5.69 Å². The summed E-state index contributed by atoms with van der Waals surface area (Å²) < 4.78 is 33.5. The second kappa shape index (κ2) is 9.36. The number of benzene rings is 2. The van der Waals surface area contributed by atoms with Gasteiger partial charge in [-0.2, -0.15) is 0 Å². The van der Waals surface area contributed by atoms with Gasteiger partial charge in [0.1, 0.15) is 5.75 Å². The van der Waals surface area contributed by atoms with E-state index in [9.17, 15) is 8.42 Å². The van der Waals surface area contributed by atoms with Crippen molar-refractivity contribution < 1.29 is 13.2 Å². The van der Waals surface area contributed by atoms with Crippen LogP contribution >= 0.6 is 0 Å². The third kappa shape index (κ3) is 4.98. The number of hydrogen-bond donors (Lipinski definition) is 1. The molecular weight excluding hydrogens is 412 g/mol. The van der Waals surface area contributed by atoms with E-state index in [4.69, 9.17) is 4.74 Å². The number of methoxy groups -OCH3 is 1. The SMILES string of the molecule is COc1ccc(N2CCN(c3ccncc3)CC2)c(CNS(=O)(=O)c2ccccc2)c1. The summed E-state index contributed by atoms with van der Waals surface area (Å²) in [5, 5.41) is 0. The average Bonchev–Trinajstić information content (AvgIpc) is 2.84. The van der Waals surface area contributed by atoms with Crippen LogP contribution in [0.2, 0.25) is 0 Å². The van der Waals surface area contributed by atoms with Crippen LogP contribution in [0.4, 0.5) is 11.4 Å². The fraction of sp³-hybridized carbons (Fsp3) is 0.261. The predicted molar refractivity (Wildman–Crippen MR) is 122 cm³/mol. The molecule has 0 atom stereocenters. The molecule has 8 heteroatoms. The Hall–Kier alpha value is -3.10. The van der Waals surface area contributed by atoms with Crippen molar-refractivity contribution in [2.45, 2.75) is 11.4 Å². The van der Waals surface area contributed by atoms with Crippen molar-refractivity contribution in [2.24, 2.45) is 0 Å². The first kappa shape index (κ1) is 21.1. The Balaban J connectivity index is 1.50. The van der Waals surface area contributed by atoms with E-state index in [-0.39, 0.29) is 11.4 Å². The molecule has 2 aromatic carbocycles. The third-order valence-corrected chi connectivity index (χ3v) is 6.86. The summed E-state index contributed by atoms with van der Waals surface area (Å²) in [5.41, 5.74) is 3.07. The van der Waals surface area contributed by atoms with Crippen LogP contribution in [0.3, 0.4) is 0 Å². The second-order valence-corrected chi connectivity index (χ2v) is 9.08. The molecule has 0 unspecified atom stereocenters. The van der Waals surface area contributed by atoms with Crippen LogP contribution in [0.1, 0.15) is 5.56 Å². The molecule has 162 valence electrons. The molecule has 1 aliphatic heterocycles. The molecule has 1 aliphatic rings. The van der Waals surface area contributed by atoms with Gasteiger partial charge in [-0.15, -0.1) is 0 Å². The largest absolute Gasteiger partial charge is 0.497 e. The van der Waals surface area contributed by atoms with Gasteiger partial charge in [0.25, 0.3) is 0 Å². The summed E-state index contributed by atoms with van der Waals surface area (Å²) in [4.78, 5) is 8.97. The molecule has 0 amide bonds. The number of ether oxygens (including phenoxy) is 1. The Kier molecular flexibility index (Phi) is 6.39. The highest BCUT2D eigenvalue weighted by molar-refractivity contribution is 7.89. The maximum Gasteiger partial charge on any atom is 0.240 e. The van der Waals surface area contributed by atoms with Gasteiger partial charge in [0.2, 0.25) is 10.0 Å². The lowest BCUT2D eigenvalue weighted by molar-refractivity contribution is 0.414. The molecule has 0 saturated carbocycles. The van der Waals surface area contributed by atoms with Gasteiger partial charge in [0.05, 0.1) is 12.0 Å². The normalized spacial score (nSPS) is 14.5. The van der Waals surface area contributed by atoms with Crippen molar-refractivity contribution in [1.82, 2.24) is 9.71 Å². The molecule has 0 aliphatic carbocycles. The van der Waals surface area contributed by atoms with E-state index in [1.54, 1.807) is 37.4 Å². The Bertz CT molecular complexity index is 1100. The number of anilines is 2. The minimum atomic E-state index is -3.59. The molecule has 0 spiro atoms. The van der Waals surface area contributed by atoms with Crippen LogP contribution < -0.4 is 19.3 Å². The maximum atomic E-state index is 12.7. The van der Waals surface area contributed by atoms with Crippen LogP contribution in [0.15, 0.2) is 78.0 Å². The van der Waals surface area contributed by atoms with Gasteiger partial charge in [-0.25, -0.2) is 13.1 Å². The summed E-state index contributed by atoms with van der Waals surface area (Å²) in [6, 6.07) is 18.3. The van der Waals surface area contributed by atoms with Crippen LogP contribution in [0.5, 0.6) is 5.75 Å². The number of aromatic nitrogens is 1. The quantitative estimate of drug-likeness (QED) is 0.611. The van der Waals surface area contributed by atoms with Gasteiger partial charge < -0.3 is 14.5 Å². The first-order chi connectivity index (χ1) is 15.1. The minimum absolute atomic E-state index is 0.189. The molecule has 0 radical (unpaired) electrons. The summed E-state index contributed by atoms with van der Waals surface area (Å²) in [5.74, 6) is 0.702. The van der Waals surface area contributed by atoms with E-state index >= 15 is 0 Å². The number of nitrogens with one attached hydrogen (secondary N) is 1. The topological polar surface area (TPSA) is 74.8 Å². The molecule has 1 fully saturated rings. The maximum absolute atomic E-state index is 12.7. The molecule has 0 bridgehead atoms. The van der Waals surface area contributed by atoms with Gasteiger partial charge >= 0.3 is 0 Å². The van der Waals surface area contributed by atoms with Gasteiger partial charge in [-0.1, -0.05) is 18.2 Å². The van der Waals surface area contributed by atoms with Crippen LogP contribution in [-0.2, 0) is 16.6 Å². The van der Waals surface area contributed by atoms with Crippen LogP contribution in [0, 0.1) is 0 Å². The molecule has 4 rings (SSSR count). The fourth-order valence-corrected chi connectivity index (χ4v) is 4.78. The highest BCUT2D eigenvalue weighted by Gasteiger charge is 2.21. The lowest BCUT2D eigenvalue weighted by atomic mass is 10.1. The van der Waals surface area contributed by atoms with Gasteiger partial charge in [0, 0.05) is 56.5 Å². The molecule has 2 heterocycles. The first-order valence-corrected chi connectivity index (χ1v) is 11.7. The summed E-state index contributed by atoms with van der Waals surface area (Å²) in [6.07, 6.45) is 3.62. The van der Waals surface area contributed by atoms with Crippen molar-refractivity contribution in [1.29, 1.82) is 0 Å². The van der Waals surface area contributed by atoms with E-state index in [0.717, 1.165) is 37.4 Å². The minimum Gasteiger partial charge on any atom is -0.497 e. The average molecular weight is 439 g/mol. The smallest absolute Gasteiger partial charge is 0.240 e. The summed E-state index contributed by atoms with van der Waals surface area (Å²) in [7, 11) is -1.98. The standard InChI is InChI=1S/C23H26N4O3S/c1-30-21-7-8-23(27-15-13-26(14-16-27)20-9-11-24-12-10-20)19(17-21)18-25-31(28,29)22-5-3-2-4-6-22/h2-12,17,25H,13-16,18H2,1H3. The second-order valence-electron chi connectivity index (χ2n) is 7.31. The molecule has 7 nitrogen and oxygen atoms in total. The first-order valence-electron chi connectivity index (χ1n) is 10.2. The van der Waals surface area contributed by atoms with Crippen molar-refractivity contribution in [3.8, 4) is 5.75 Å². The third-order valence-electron chi connectivity index (χ3n) is 5.44. The Morgan fingerprint density at radius 3 is 2.29 bits per heavy atom. The molecular formula is C23H26N4O3S. The summed E-state index contributed by atoms with van der Waals surface area (Å²) >= 11 is 0. The van der Waals surface area contributed by atoms with E-state index < -0.39 is 10.0 Å². The highest BCUT2D eigenvalue weighted by Crippen LogP contribution is 2.28. The zero-order chi connectivity index (χ0) is 21.7. The number of piperazine rings is 1. The van der Waals surface area contributed by atoms with Crippen LogP contribution in [0.25, 0.3) is 0 Å². The number of sulfonamides is 1. The van der Waals surface area contributed by atoms with Crippen molar-refractivity contribution in [3.63, 3.8) is 0 Å². The van der Waals surface area contributed by atoms with E-state index in [0.29, 0.717) is 5.75 Å². The molecule has 1 saturated heterocycles. The fourth-order valence-electron chi connectivity index (χ4n) is 3.76. The van der Waals surface area contributed by atoms with E-state index in [1.807, 2.05) is 42.7 Å². The summed E-state index contributed by atoms with van der Waals surface area (Å²) in [6.45, 7) is 3.63.